The fraction of sp³-hybridized carbons (Fsp3) is 0.235. The summed E-state index contributed by atoms with van der Waals surface area (Å²) >= 11 is 6.39. The van der Waals surface area contributed by atoms with Crippen LogP contribution in [0.3, 0.4) is 0 Å². The highest BCUT2D eigenvalue weighted by Crippen LogP contribution is 2.27. The van der Waals surface area contributed by atoms with Crippen LogP contribution in [0.1, 0.15) is 11.1 Å². The Morgan fingerprint density at radius 2 is 1.57 bits per heavy atom. The van der Waals surface area contributed by atoms with Gasteiger partial charge < -0.3 is 9.84 Å². The van der Waals surface area contributed by atoms with E-state index in [1.165, 1.54) is 0 Å². The Labute approximate surface area is 129 Å². The molecule has 0 aliphatic carbocycles. The number of carboxylic acid groups (broad SMARTS) is 1. The van der Waals surface area contributed by atoms with E-state index in [1.807, 2.05) is 42.5 Å². The predicted molar refractivity (Wildman–Crippen MR) is 83.1 cm³/mol. The second-order valence-corrected chi connectivity index (χ2v) is 5.68. The minimum Gasteiger partial charge on any atom is -0.497 e. The van der Waals surface area contributed by atoms with E-state index in [0.717, 1.165) is 16.9 Å². The van der Waals surface area contributed by atoms with Crippen LogP contribution in [0.5, 0.6) is 5.75 Å². The average molecular weight is 305 g/mol. The Balaban J connectivity index is 2.19. The molecule has 110 valence electrons. The SMILES string of the molecule is COc1ccc(C[C@@](Cl)(Cc2ccccc2)C(=O)O)cc1. The van der Waals surface area contributed by atoms with Crippen LogP contribution in [-0.4, -0.2) is 23.1 Å². The normalized spacial score (nSPS) is 13.4. The fourth-order valence-corrected chi connectivity index (χ4v) is 2.51. The van der Waals surface area contributed by atoms with Gasteiger partial charge in [-0.25, -0.2) is 0 Å². The average Bonchev–Trinajstić information content (AvgIpc) is 2.49. The number of carboxylic acids is 1. The van der Waals surface area contributed by atoms with Gasteiger partial charge in [0.15, 0.2) is 0 Å². The van der Waals surface area contributed by atoms with E-state index >= 15 is 0 Å². The van der Waals surface area contributed by atoms with Crippen molar-refractivity contribution in [1.29, 1.82) is 0 Å². The second-order valence-electron chi connectivity index (χ2n) is 4.96. The van der Waals surface area contributed by atoms with Crippen LogP contribution in [0.4, 0.5) is 0 Å². The molecule has 0 aromatic heterocycles. The van der Waals surface area contributed by atoms with Gasteiger partial charge in [-0.1, -0.05) is 42.5 Å². The van der Waals surface area contributed by atoms with Crippen molar-refractivity contribution >= 4 is 17.6 Å². The van der Waals surface area contributed by atoms with Gasteiger partial charge in [0.05, 0.1) is 7.11 Å². The molecular formula is C17H17ClO3. The van der Waals surface area contributed by atoms with Crippen LogP contribution in [0.2, 0.25) is 0 Å². The number of rotatable bonds is 6. The Bertz CT molecular complexity index is 595. The maximum absolute atomic E-state index is 11.6. The molecule has 0 saturated heterocycles. The summed E-state index contributed by atoms with van der Waals surface area (Å²) in [5, 5.41) is 9.50. The highest BCUT2D eigenvalue weighted by Gasteiger charge is 2.36. The number of hydrogen-bond acceptors (Lipinski definition) is 2. The lowest BCUT2D eigenvalue weighted by Gasteiger charge is -2.22. The Morgan fingerprint density at radius 1 is 1.05 bits per heavy atom. The van der Waals surface area contributed by atoms with E-state index < -0.39 is 10.8 Å². The van der Waals surface area contributed by atoms with Crippen molar-refractivity contribution < 1.29 is 14.6 Å². The summed E-state index contributed by atoms with van der Waals surface area (Å²) < 4.78 is 5.09. The number of benzene rings is 2. The number of halogens is 1. The molecule has 0 aliphatic heterocycles. The summed E-state index contributed by atoms with van der Waals surface area (Å²) in [5.41, 5.74) is 1.77. The highest BCUT2D eigenvalue weighted by molar-refractivity contribution is 6.34. The molecule has 2 rings (SSSR count). The van der Waals surface area contributed by atoms with E-state index in [0.29, 0.717) is 0 Å². The van der Waals surface area contributed by atoms with Crippen LogP contribution >= 0.6 is 11.6 Å². The van der Waals surface area contributed by atoms with E-state index in [1.54, 1.807) is 19.2 Å². The number of carbonyl (C=O) groups is 1. The molecule has 1 atom stereocenters. The number of ether oxygens (including phenoxy) is 1. The molecular weight excluding hydrogens is 288 g/mol. The highest BCUT2D eigenvalue weighted by atomic mass is 35.5. The van der Waals surface area contributed by atoms with Crippen molar-refractivity contribution in [2.45, 2.75) is 17.7 Å². The van der Waals surface area contributed by atoms with Crippen LogP contribution in [0.15, 0.2) is 54.6 Å². The minimum atomic E-state index is -1.35. The summed E-state index contributed by atoms with van der Waals surface area (Å²) in [6.45, 7) is 0. The van der Waals surface area contributed by atoms with Crippen molar-refractivity contribution in [3.63, 3.8) is 0 Å². The number of methoxy groups -OCH3 is 1. The second kappa shape index (κ2) is 6.64. The molecule has 0 heterocycles. The molecule has 2 aromatic rings. The number of aliphatic carboxylic acids is 1. The van der Waals surface area contributed by atoms with Crippen LogP contribution in [-0.2, 0) is 17.6 Å². The molecule has 4 heteroatoms. The molecule has 2 aromatic carbocycles. The van der Waals surface area contributed by atoms with Gasteiger partial charge >= 0.3 is 5.97 Å². The third-order valence-corrected chi connectivity index (χ3v) is 3.78. The van der Waals surface area contributed by atoms with Gasteiger partial charge in [-0.05, 0) is 23.3 Å². The van der Waals surface area contributed by atoms with Crippen molar-refractivity contribution in [2.24, 2.45) is 0 Å². The van der Waals surface area contributed by atoms with E-state index in [9.17, 15) is 9.90 Å². The number of hydrogen-bond donors (Lipinski definition) is 1. The molecule has 0 saturated carbocycles. The first kappa shape index (κ1) is 15.4. The van der Waals surface area contributed by atoms with Crippen molar-refractivity contribution in [3.05, 3.63) is 65.7 Å². The van der Waals surface area contributed by atoms with Crippen LogP contribution in [0, 0.1) is 0 Å². The molecule has 3 nitrogen and oxygen atoms in total. The molecule has 1 N–H and O–H groups in total. The summed E-state index contributed by atoms with van der Waals surface area (Å²) in [5.74, 6) is -0.277. The lowest BCUT2D eigenvalue weighted by Crippen LogP contribution is -2.37. The molecule has 0 bridgehead atoms. The Kier molecular flexibility index (Phi) is 4.86. The topological polar surface area (TPSA) is 46.5 Å². The molecule has 0 spiro atoms. The molecule has 0 radical (unpaired) electrons. The predicted octanol–water partition coefficient (Wildman–Crippen LogP) is 3.54. The van der Waals surface area contributed by atoms with Gasteiger partial charge in [0.2, 0.25) is 0 Å². The Morgan fingerprint density at radius 3 is 2.05 bits per heavy atom. The Hall–Kier alpha value is -2.00. The van der Waals surface area contributed by atoms with Crippen molar-refractivity contribution in [1.82, 2.24) is 0 Å². The van der Waals surface area contributed by atoms with Gasteiger partial charge in [0.1, 0.15) is 10.6 Å². The lowest BCUT2D eigenvalue weighted by atomic mass is 9.91. The van der Waals surface area contributed by atoms with Crippen molar-refractivity contribution in [3.8, 4) is 5.75 Å². The zero-order valence-corrected chi connectivity index (χ0v) is 12.5. The van der Waals surface area contributed by atoms with E-state index in [2.05, 4.69) is 0 Å². The van der Waals surface area contributed by atoms with Gasteiger partial charge in [-0.3, -0.25) is 4.79 Å². The fourth-order valence-electron chi connectivity index (χ4n) is 2.20. The maximum Gasteiger partial charge on any atom is 0.325 e. The zero-order valence-electron chi connectivity index (χ0n) is 11.8. The first-order chi connectivity index (χ1) is 10.0. The standard InChI is InChI=1S/C17H17ClO3/c1-21-15-9-7-14(8-10-15)12-17(18,16(19)20)11-13-5-3-2-4-6-13/h2-10H,11-12H2,1H3,(H,19,20)/t17-/m0/s1. The summed E-state index contributed by atoms with van der Waals surface area (Å²) in [6.07, 6.45) is 0.527. The van der Waals surface area contributed by atoms with E-state index in [4.69, 9.17) is 16.3 Å². The molecule has 0 aliphatic rings. The quantitative estimate of drug-likeness (QED) is 0.830. The maximum atomic E-state index is 11.6. The van der Waals surface area contributed by atoms with Crippen LogP contribution < -0.4 is 4.74 Å². The van der Waals surface area contributed by atoms with Crippen molar-refractivity contribution in [2.75, 3.05) is 7.11 Å². The first-order valence-electron chi connectivity index (χ1n) is 6.63. The molecule has 0 amide bonds. The van der Waals surface area contributed by atoms with Gasteiger partial charge in [-0.15, -0.1) is 11.6 Å². The lowest BCUT2D eigenvalue weighted by molar-refractivity contribution is -0.140. The van der Waals surface area contributed by atoms with Gasteiger partial charge in [-0.2, -0.15) is 0 Å². The third-order valence-electron chi connectivity index (χ3n) is 3.35. The largest absolute Gasteiger partial charge is 0.497 e. The van der Waals surface area contributed by atoms with Gasteiger partial charge in [0, 0.05) is 12.8 Å². The smallest absolute Gasteiger partial charge is 0.325 e. The van der Waals surface area contributed by atoms with Crippen LogP contribution in [0.25, 0.3) is 0 Å². The number of alkyl halides is 1. The monoisotopic (exact) mass is 304 g/mol. The third kappa shape index (κ3) is 3.99. The summed E-state index contributed by atoms with van der Waals surface area (Å²) in [7, 11) is 1.59. The van der Waals surface area contributed by atoms with Gasteiger partial charge in [0.25, 0.3) is 0 Å². The minimum absolute atomic E-state index is 0.253. The first-order valence-corrected chi connectivity index (χ1v) is 7.00. The zero-order chi connectivity index (χ0) is 15.3. The summed E-state index contributed by atoms with van der Waals surface area (Å²) in [6, 6.07) is 16.7. The summed E-state index contributed by atoms with van der Waals surface area (Å²) in [4.78, 5) is 10.2. The molecule has 21 heavy (non-hydrogen) atoms. The van der Waals surface area contributed by atoms with E-state index in [-0.39, 0.29) is 12.8 Å². The molecule has 0 fully saturated rings. The molecule has 0 unspecified atom stereocenters.